The summed E-state index contributed by atoms with van der Waals surface area (Å²) in [5.74, 6) is 0. The number of aromatic nitrogens is 1. The van der Waals surface area contributed by atoms with E-state index >= 15 is 0 Å². The molecule has 0 saturated heterocycles. The van der Waals surface area contributed by atoms with Crippen LogP contribution in [0.5, 0.6) is 0 Å². The minimum atomic E-state index is 0.916. The molecule has 0 amide bonds. The minimum absolute atomic E-state index is 0.916. The summed E-state index contributed by atoms with van der Waals surface area (Å²) in [5.41, 5.74) is 3.73. The smallest absolute Gasteiger partial charge is 0.0492 e. The zero-order valence-electron chi connectivity index (χ0n) is 11.4. The van der Waals surface area contributed by atoms with E-state index in [0.717, 1.165) is 17.6 Å². The lowest BCUT2D eigenvalue weighted by Gasteiger charge is -2.09. The van der Waals surface area contributed by atoms with Gasteiger partial charge in [0.2, 0.25) is 0 Å². The van der Waals surface area contributed by atoms with Gasteiger partial charge in [-0.05, 0) is 48.2 Å². The number of aryl methyl sites for hydroxylation is 1. The third-order valence-electron chi connectivity index (χ3n) is 3.44. The van der Waals surface area contributed by atoms with E-state index in [1.165, 1.54) is 22.2 Å². The van der Waals surface area contributed by atoms with Crippen LogP contribution in [0.3, 0.4) is 0 Å². The number of hydrogen-bond donors (Lipinski definition) is 1. The molecule has 0 bridgehead atoms. The summed E-state index contributed by atoms with van der Waals surface area (Å²) in [7, 11) is 0. The molecule has 0 aliphatic heterocycles. The number of fused-ring (bicyclic) bond motifs is 1. The highest BCUT2D eigenvalue weighted by Crippen LogP contribution is 2.20. The molecule has 1 heterocycles. The van der Waals surface area contributed by atoms with Crippen LogP contribution < -0.4 is 5.32 Å². The van der Waals surface area contributed by atoms with E-state index < -0.39 is 0 Å². The molecule has 20 heavy (non-hydrogen) atoms. The molecule has 0 unspecified atom stereocenters. The zero-order chi connectivity index (χ0) is 13.9. The average Bonchev–Trinajstić information content (AvgIpc) is 2.82. The molecule has 0 radical (unpaired) electrons. The molecule has 0 spiro atoms. The Bertz CT molecular complexity index is 731. The standard InChI is InChI=1S/C17H17BrN2/c1-13-3-2-4-16(11-13)19-8-10-20-9-7-14-5-6-15(18)12-17(14)20/h2-7,9,11-12,19H,8,10H2,1H3. The SMILES string of the molecule is Cc1cccc(NCCn2ccc3ccc(Br)cc32)c1. The first-order chi connectivity index (χ1) is 9.72. The predicted octanol–water partition coefficient (Wildman–Crippen LogP) is 4.82. The van der Waals surface area contributed by atoms with Gasteiger partial charge in [0.25, 0.3) is 0 Å². The van der Waals surface area contributed by atoms with E-state index in [1.54, 1.807) is 0 Å². The van der Waals surface area contributed by atoms with Crippen molar-refractivity contribution in [3.63, 3.8) is 0 Å². The highest BCUT2D eigenvalue weighted by Gasteiger charge is 2.01. The lowest BCUT2D eigenvalue weighted by molar-refractivity contribution is 0.757. The molecule has 0 fully saturated rings. The van der Waals surface area contributed by atoms with Crippen LogP contribution in [0, 0.1) is 6.92 Å². The lowest BCUT2D eigenvalue weighted by atomic mass is 10.2. The van der Waals surface area contributed by atoms with Gasteiger partial charge in [-0.25, -0.2) is 0 Å². The van der Waals surface area contributed by atoms with Crippen molar-refractivity contribution in [1.82, 2.24) is 4.57 Å². The summed E-state index contributed by atoms with van der Waals surface area (Å²) in [6, 6.07) is 17.0. The fraction of sp³-hybridized carbons (Fsp3) is 0.176. The van der Waals surface area contributed by atoms with Crippen LogP contribution in [-0.4, -0.2) is 11.1 Å². The maximum absolute atomic E-state index is 3.54. The molecular formula is C17H17BrN2. The Kier molecular flexibility index (Phi) is 3.79. The number of rotatable bonds is 4. The van der Waals surface area contributed by atoms with Gasteiger partial charge in [-0.2, -0.15) is 0 Å². The summed E-state index contributed by atoms with van der Waals surface area (Å²) >= 11 is 3.54. The number of benzene rings is 2. The van der Waals surface area contributed by atoms with Gasteiger partial charge in [0.15, 0.2) is 0 Å². The van der Waals surface area contributed by atoms with Crippen molar-refractivity contribution in [2.24, 2.45) is 0 Å². The monoisotopic (exact) mass is 328 g/mol. The normalized spacial score (nSPS) is 10.9. The van der Waals surface area contributed by atoms with Crippen molar-refractivity contribution in [1.29, 1.82) is 0 Å². The largest absolute Gasteiger partial charge is 0.383 e. The predicted molar refractivity (Wildman–Crippen MR) is 89.3 cm³/mol. The van der Waals surface area contributed by atoms with Crippen LogP contribution in [0.2, 0.25) is 0 Å². The van der Waals surface area contributed by atoms with E-state index in [1.807, 2.05) is 0 Å². The van der Waals surface area contributed by atoms with Crippen molar-refractivity contribution in [3.05, 3.63) is 64.8 Å². The van der Waals surface area contributed by atoms with Gasteiger partial charge in [0.05, 0.1) is 0 Å². The Morgan fingerprint density at radius 3 is 2.85 bits per heavy atom. The molecule has 1 aromatic heterocycles. The summed E-state index contributed by atoms with van der Waals surface area (Å²) < 4.78 is 3.40. The molecule has 3 rings (SSSR count). The van der Waals surface area contributed by atoms with Crippen LogP contribution in [0.15, 0.2) is 59.2 Å². The average molecular weight is 329 g/mol. The van der Waals surface area contributed by atoms with Crippen LogP contribution in [0.25, 0.3) is 10.9 Å². The quantitative estimate of drug-likeness (QED) is 0.726. The van der Waals surface area contributed by atoms with E-state index in [9.17, 15) is 0 Å². The second-order valence-corrected chi connectivity index (χ2v) is 5.92. The van der Waals surface area contributed by atoms with E-state index in [2.05, 4.69) is 87.5 Å². The summed E-state index contributed by atoms with van der Waals surface area (Å²) in [4.78, 5) is 0. The van der Waals surface area contributed by atoms with Crippen LogP contribution in [0.1, 0.15) is 5.56 Å². The van der Waals surface area contributed by atoms with Crippen LogP contribution >= 0.6 is 15.9 Å². The van der Waals surface area contributed by atoms with Gasteiger partial charge in [0.1, 0.15) is 0 Å². The van der Waals surface area contributed by atoms with E-state index in [4.69, 9.17) is 0 Å². The van der Waals surface area contributed by atoms with Crippen molar-refractivity contribution in [2.75, 3.05) is 11.9 Å². The Balaban J connectivity index is 1.69. The number of nitrogens with zero attached hydrogens (tertiary/aromatic N) is 1. The maximum atomic E-state index is 3.54. The maximum Gasteiger partial charge on any atom is 0.0492 e. The lowest BCUT2D eigenvalue weighted by Crippen LogP contribution is -2.09. The summed E-state index contributed by atoms with van der Waals surface area (Å²) in [6.45, 7) is 3.98. The number of anilines is 1. The van der Waals surface area contributed by atoms with Gasteiger partial charge < -0.3 is 9.88 Å². The Morgan fingerprint density at radius 2 is 2.00 bits per heavy atom. The van der Waals surface area contributed by atoms with E-state index in [0.29, 0.717) is 0 Å². The molecule has 3 heteroatoms. The number of halogens is 1. The van der Waals surface area contributed by atoms with Crippen LogP contribution in [-0.2, 0) is 6.54 Å². The molecule has 3 aromatic rings. The first kappa shape index (κ1) is 13.3. The zero-order valence-corrected chi connectivity index (χ0v) is 13.0. The van der Waals surface area contributed by atoms with Crippen LogP contribution in [0.4, 0.5) is 5.69 Å². The molecule has 102 valence electrons. The second-order valence-electron chi connectivity index (χ2n) is 5.01. The molecule has 0 atom stereocenters. The first-order valence-electron chi connectivity index (χ1n) is 6.77. The summed E-state index contributed by atoms with van der Waals surface area (Å²) in [5, 5.41) is 4.75. The van der Waals surface area contributed by atoms with Gasteiger partial charge >= 0.3 is 0 Å². The molecule has 2 nitrogen and oxygen atoms in total. The Morgan fingerprint density at radius 1 is 1.10 bits per heavy atom. The Labute approximate surface area is 127 Å². The molecule has 0 saturated carbocycles. The Hall–Kier alpha value is -1.74. The van der Waals surface area contributed by atoms with Gasteiger partial charge in [0, 0.05) is 35.0 Å². The highest BCUT2D eigenvalue weighted by molar-refractivity contribution is 9.10. The minimum Gasteiger partial charge on any atom is -0.383 e. The van der Waals surface area contributed by atoms with Gasteiger partial charge in [-0.1, -0.05) is 34.1 Å². The molecular weight excluding hydrogens is 312 g/mol. The summed E-state index contributed by atoms with van der Waals surface area (Å²) in [6.07, 6.45) is 2.15. The highest BCUT2D eigenvalue weighted by atomic mass is 79.9. The third-order valence-corrected chi connectivity index (χ3v) is 3.93. The van der Waals surface area contributed by atoms with Crippen molar-refractivity contribution < 1.29 is 0 Å². The number of hydrogen-bond acceptors (Lipinski definition) is 1. The molecule has 1 N–H and O–H groups in total. The fourth-order valence-corrected chi connectivity index (χ4v) is 2.78. The van der Waals surface area contributed by atoms with Gasteiger partial charge in [-0.15, -0.1) is 0 Å². The third kappa shape index (κ3) is 2.88. The topological polar surface area (TPSA) is 17.0 Å². The van der Waals surface area contributed by atoms with Crippen molar-refractivity contribution >= 4 is 32.5 Å². The number of nitrogens with one attached hydrogen (secondary N) is 1. The van der Waals surface area contributed by atoms with Gasteiger partial charge in [-0.3, -0.25) is 0 Å². The van der Waals surface area contributed by atoms with E-state index in [-0.39, 0.29) is 0 Å². The molecule has 2 aromatic carbocycles. The second kappa shape index (κ2) is 5.71. The van der Waals surface area contributed by atoms with Crippen molar-refractivity contribution in [3.8, 4) is 0 Å². The fourth-order valence-electron chi connectivity index (χ4n) is 2.43. The van der Waals surface area contributed by atoms with Crippen molar-refractivity contribution in [2.45, 2.75) is 13.5 Å². The molecule has 0 aliphatic carbocycles. The molecule has 0 aliphatic rings. The first-order valence-corrected chi connectivity index (χ1v) is 7.56.